The van der Waals surface area contributed by atoms with Gasteiger partial charge >= 0.3 is 0 Å². The number of rotatable bonds is 3. The molecule has 0 saturated carbocycles. The molecule has 1 aromatic carbocycles. The molecule has 1 aliphatic heterocycles. The Bertz CT molecular complexity index is 899. The molecular weight excluding hydrogens is 339 g/mol. The van der Waals surface area contributed by atoms with E-state index in [1.54, 1.807) is 34.8 Å². The first-order valence-electron chi connectivity index (χ1n) is 8.02. The highest BCUT2D eigenvalue weighted by Gasteiger charge is 2.32. The minimum atomic E-state index is -0.283. The van der Waals surface area contributed by atoms with Crippen molar-refractivity contribution in [1.82, 2.24) is 19.9 Å². The van der Waals surface area contributed by atoms with Gasteiger partial charge in [0.2, 0.25) is 0 Å². The number of halogens is 1. The Morgan fingerprint density at radius 2 is 2.08 bits per heavy atom. The number of likely N-dealkylation sites (tertiary alicyclic amines) is 1. The van der Waals surface area contributed by atoms with Crippen molar-refractivity contribution in [2.24, 2.45) is 0 Å². The van der Waals surface area contributed by atoms with Gasteiger partial charge in [0, 0.05) is 24.3 Å². The fourth-order valence-electron chi connectivity index (χ4n) is 3.10. The molecular formula is C18H15FN4OS. The molecule has 0 aliphatic carbocycles. The third kappa shape index (κ3) is 3.15. The van der Waals surface area contributed by atoms with Crippen molar-refractivity contribution in [3.63, 3.8) is 0 Å². The summed E-state index contributed by atoms with van der Waals surface area (Å²) in [6.45, 7) is 0.648. The quantitative estimate of drug-likeness (QED) is 0.719. The standard InChI is InChI=1S/C18H15FN4OS/c19-13-5-1-4-12(10-13)15-6-2-9-23(15)18(24)14-11-25-17(22-14)16-20-7-3-8-21-16/h1,3-5,7-8,10-11,15H,2,6,9H2. The van der Waals surface area contributed by atoms with E-state index in [2.05, 4.69) is 15.0 Å². The van der Waals surface area contributed by atoms with Crippen molar-refractivity contribution in [1.29, 1.82) is 0 Å². The van der Waals surface area contributed by atoms with E-state index < -0.39 is 0 Å². The summed E-state index contributed by atoms with van der Waals surface area (Å²) in [4.78, 5) is 27.4. The van der Waals surface area contributed by atoms with E-state index in [0.717, 1.165) is 18.4 Å². The van der Waals surface area contributed by atoms with Gasteiger partial charge in [-0.3, -0.25) is 4.79 Å². The number of amides is 1. The average molecular weight is 354 g/mol. The number of carbonyl (C=O) groups excluding carboxylic acids is 1. The van der Waals surface area contributed by atoms with Gasteiger partial charge in [-0.15, -0.1) is 11.3 Å². The Labute approximate surface area is 148 Å². The van der Waals surface area contributed by atoms with Crippen molar-refractivity contribution in [2.45, 2.75) is 18.9 Å². The van der Waals surface area contributed by atoms with E-state index in [1.165, 1.54) is 23.5 Å². The second kappa shape index (κ2) is 6.68. The molecule has 1 atom stereocenters. The number of aromatic nitrogens is 3. The fourth-order valence-corrected chi connectivity index (χ4v) is 3.84. The maximum absolute atomic E-state index is 13.5. The first-order valence-corrected chi connectivity index (χ1v) is 8.90. The number of hydrogen-bond donors (Lipinski definition) is 0. The third-order valence-electron chi connectivity index (χ3n) is 4.23. The van der Waals surface area contributed by atoms with Gasteiger partial charge in [0.1, 0.15) is 11.5 Å². The fraction of sp³-hybridized carbons (Fsp3) is 0.222. The zero-order chi connectivity index (χ0) is 17.2. The van der Waals surface area contributed by atoms with Crippen LogP contribution in [-0.4, -0.2) is 32.3 Å². The minimum Gasteiger partial charge on any atom is -0.330 e. The Kier molecular flexibility index (Phi) is 4.23. The number of nitrogens with zero attached hydrogens (tertiary/aromatic N) is 4. The van der Waals surface area contributed by atoms with Gasteiger partial charge in [0.25, 0.3) is 5.91 Å². The van der Waals surface area contributed by atoms with Crippen LogP contribution >= 0.6 is 11.3 Å². The minimum absolute atomic E-state index is 0.110. The van der Waals surface area contributed by atoms with Gasteiger partial charge in [-0.1, -0.05) is 12.1 Å². The number of benzene rings is 1. The van der Waals surface area contributed by atoms with Crippen LogP contribution in [0.15, 0.2) is 48.1 Å². The summed E-state index contributed by atoms with van der Waals surface area (Å²) in [5.74, 6) is 0.0915. The summed E-state index contributed by atoms with van der Waals surface area (Å²) in [5.41, 5.74) is 1.21. The lowest BCUT2D eigenvalue weighted by atomic mass is 10.0. The van der Waals surface area contributed by atoms with Crippen LogP contribution in [0.5, 0.6) is 0 Å². The highest BCUT2D eigenvalue weighted by atomic mass is 32.1. The molecule has 7 heteroatoms. The van der Waals surface area contributed by atoms with Gasteiger partial charge in [-0.2, -0.15) is 0 Å². The van der Waals surface area contributed by atoms with Crippen LogP contribution in [0.2, 0.25) is 0 Å². The van der Waals surface area contributed by atoms with E-state index in [-0.39, 0.29) is 17.8 Å². The number of hydrogen-bond acceptors (Lipinski definition) is 5. The Morgan fingerprint density at radius 1 is 1.24 bits per heavy atom. The van der Waals surface area contributed by atoms with Crippen molar-refractivity contribution in [3.8, 4) is 10.8 Å². The normalized spacial score (nSPS) is 17.0. The molecule has 1 fully saturated rings. The molecule has 0 N–H and O–H groups in total. The highest BCUT2D eigenvalue weighted by molar-refractivity contribution is 7.13. The van der Waals surface area contributed by atoms with Gasteiger partial charge in [0.15, 0.2) is 10.8 Å². The molecule has 2 aromatic heterocycles. The van der Waals surface area contributed by atoms with Crippen LogP contribution in [-0.2, 0) is 0 Å². The predicted molar refractivity (Wildman–Crippen MR) is 92.6 cm³/mol. The average Bonchev–Trinajstić information content (AvgIpc) is 3.32. The molecule has 3 aromatic rings. The lowest BCUT2D eigenvalue weighted by molar-refractivity contribution is 0.0730. The van der Waals surface area contributed by atoms with E-state index in [0.29, 0.717) is 23.1 Å². The van der Waals surface area contributed by atoms with E-state index in [1.807, 2.05) is 6.07 Å². The van der Waals surface area contributed by atoms with Crippen molar-refractivity contribution < 1.29 is 9.18 Å². The largest absolute Gasteiger partial charge is 0.330 e. The monoisotopic (exact) mass is 354 g/mol. The van der Waals surface area contributed by atoms with E-state index in [4.69, 9.17) is 0 Å². The molecule has 1 aliphatic rings. The first-order chi connectivity index (χ1) is 12.2. The molecule has 3 heterocycles. The van der Waals surface area contributed by atoms with Gasteiger partial charge in [0.05, 0.1) is 6.04 Å². The molecule has 0 spiro atoms. The Balaban J connectivity index is 1.59. The number of thiazole rings is 1. The summed E-state index contributed by atoms with van der Waals surface area (Å²) >= 11 is 1.35. The Hall–Kier alpha value is -2.67. The van der Waals surface area contributed by atoms with Gasteiger partial charge in [-0.25, -0.2) is 19.3 Å². The van der Waals surface area contributed by atoms with Gasteiger partial charge < -0.3 is 4.90 Å². The second-order valence-electron chi connectivity index (χ2n) is 5.82. The zero-order valence-electron chi connectivity index (χ0n) is 13.3. The SMILES string of the molecule is O=C(c1csc(-c2ncccn2)n1)N1CCCC1c1cccc(F)c1. The lowest BCUT2D eigenvalue weighted by Gasteiger charge is -2.24. The van der Waals surface area contributed by atoms with Crippen LogP contribution in [0.3, 0.4) is 0 Å². The molecule has 1 saturated heterocycles. The molecule has 1 amide bonds. The summed E-state index contributed by atoms with van der Waals surface area (Å²) < 4.78 is 13.5. The van der Waals surface area contributed by atoms with Crippen molar-refractivity contribution >= 4 is 17.2 Å². The van der Waals surface area contributed by atoms with E-state index >= 15 is 0 Å². The van der Waals surface area contributed by atoms with Gasteiger partial charge in [-0.05, 0) is 36.6 Å². The molecule has 126 valence electrons. The van der Waals surface area contributed by atoms with Crippen LogP contribution in [0.1, 0.15) is 34.9 Å². The first kappa shape index (κ1) is 15.8. The molecule has 4 rings (SSSR count). The summed E-state index contributed by atoms with van der Waals surface area (Å²) in [6.07, 6.45) is 5.01. The molecule has 5 nitrogen and oxygen atoms in total. The lowest BCUT2D eigenvalue weighted by Crippen LogP contribution is -2.30. The maximum atomic E-state index is 13.5. The van der Waals surface area contributed by atoms with Crippen LogP contribution < -0.4 is 0 Å². The summed E-state index contributed by atoms with van der Waals surface area (Å²) in [6, 6.07) is 8.08. The third-order valence-corrected chi connectivity index (χ3v) is 5.07. The Morgan fingerprint density at radius 3 is 2.88 bits per heavy atom. The number of carbonyl (C=O) groups is 1. The maximum Gasteiger partial charge on any atom is 0.273 e. The zero-order valence-corrected chi connectivity index (χ0v) is 14.1. The van der Waals surface area contributed by atoms with Crippen molar-refractivity contribution in [2.75, 3.05) is 6.54 Å². The van der Waals surface area contributed by atoms with Crippen LogP contribution in [0.25, 0.3) is 10.8 Å². The van der Waals surface area contributed by atoms with Crippen LogP contribution in [0, 0.1) is 5.82 Å². The molecule has 25 heavy (non-hydrogen) atoms. The molecule has 1 unspecified atom stereocenters. The van der Waals surface area contributed by atoms with Crippen LogP contribution in [0.4, 0.5) is 4.39 Å². The molecule has 0 radical (unpaired) electrons. The summed E-state index contributed by atoms with van der Waals surface area (Å²) in [5, 5.41) is 2.35. The summed E-state index contributed by atoms with van der Waals surface area (Å²) in [7, 11) is 0. The highest BCUT2D eigenvalue weighted by Crippen LogP contribution is 2.34. The molecule has 0 bridgehead atoms. The van der Waals surface area contributed by atoms with E-state index in [9.17, 15) is 9.18 Å². The topological polar surface area (TPSA) is 59.0 Å². The smallest absolute Gasteiger partial charge is 0.273 e. The van der Waals surface area contributed by atoms with Crippen molar-refractivity contribution in [3.05, 3.63) is 65.2 Å². The predicted octanol–water partition coefficient (Wildman–Crippen LogP) is 3.72. The second-order valence-corrected chi connectivity index (χ2v) is 6.68.